The molecule has 0 saturated carbocycles. The Morgan fingerprint density at radius 1 is 0.964 bits per heavy atom. The standard InChI is InChI=1S/C20H25N3O4S/c1-14(2)21-19(24)16-12-8-9-13-17(16)22-20(25)18(23(3)28(4,26)27)15-10-6-5-7-11-15/h5-14,18H,1-4H3,(H,21,24)(H,22,25)/t18-/m1/s1. The van der Waals surface area contributed by atoms with E-state index in [0.29, 0.717) is 16.8 Å². The first-order chi connectivity index (χ1) is 13.1. The van der Waals surface area contributed by atoms with E-state index in [-0.39, 0.29) is 11.9 Å². The van der Waals surface area contributed by atoms with Crippen molar-refractivity contribution in [2.75, 3.05) is 18.6 Å². The third-order valence-electron chi connectivity index (χ3n) is 4.10. The van der Waals surface area contributed by atoms with Crippen LogP contribution in [0.15, 0.2) is 54.6 Å². The van der Waals surface area contributed by atoms with Crippen LogP contribution in [0.25, 0.3) is 0 Å². The lowest BCUT2D eigenvalue weighted by atomic mass is 10.1. The number of rotatable bonds is 7. The summed E-state index contributed by atoms with van der Waals surface area (Å²) in [6.45, 7) is 3.68. The molecule has 0 spiro atoms. The second-order valence-electron chi connectivity index (χ2n) is 6.76. The number of para-hydroxylation sites is 1. The van der Waals surface area contributed by atoms with Crippen molar-refractivity contribution in [2.24, 2.45) is 0 Å². The zero-order valence-electron chi connectivity index (χ0n) is 16.3. The molecule has 150 valence electrons. The molecule has 0 saturated heterocycles. The first-order valence-corrected chi connectivity index (χ1v) is 10.6. The molecule has 0 unspecified atom stereocenters. The van der Waals surface area contributed by atoms with E-state index in [1.165, 1.54) is 7.05 Å². The number of nitrogens with zero attached hydrogens (tertiary/aromatic N) is 1. The number of benzene rings is 2. The van der Waals surface area contributed by atoms with Gasteiger partial charge >= 0.3 is 0 Å². The molecule has 2 aromatic carbocycles. The van der Waals surface area contributed by atoms with E-state index < -0.39 is 22.0 Å². The first kappa shape index (κ1) is 21.6. The highest BCUT2D eigenvalue weighted by atomic mass is 32.2. The maximum atomic E-state index is 13.0. The molecule has 1 atom stereocenters. The summed E-state index contributed by atoms with van der Waals surface area (Å²) in [4.78, 5) is 25.5. The van der Waals surface area contributed by atoms with Crippen molar-refractivity contribution in [1.29, 1.82) is 0 Å². The van der Waals surface area contributed by atoms with Crippen LogP contribution < -0.4 is 10.6 Å². The van der Waals surface area contributed by atoms with E-state index in [4.69, 9.17) is 0 Å². The Hall–Kier alpha value is -2.71. The smallest absolute Gasteiger partial charge is 0.253 e. The number of sulfonamides is 1. The average Bonchev–Trinajstić information content (AvgIpc) is 2.61. The number of carbonyl (C=O) groups excluding carboxylic acids is 2. The Bertz CT molecular complexity index is 943. The molecule has 2 amide bonds. The van der Waals surface area contributed by atoms with E-state index in [0.717, 1.165) is 10.6 Å². The van der Waals surface area contributed by atoms with Crippen LogP contribution in [0.2, 0.25) is 0 Å². The van der Waals surface area contributed by atoms with Crippen molar-refractivity contribution in [3.63, 3.8) is 0 Å². The number of amides is 2. The molecule has 0 aliphatic carbocycles. The fourth-order valence-electron chi connectivity index (χ4n) is 2.68. The van der Waals surface area contributed by atoms with E-state index >= 15 is 0 Å². The van der Waals surface area contributed by atoms with Crippen LogP contribution in [-0.2, 0) is 14.8 Å². The summed E-state index contributed by atoms with van der Waals surface area (Å²) in [5.41, 5.74) is 1.14. The minimum Gasteiger partial charge on any atom is -0.350 e. The molecule has 2 N–H and O–H groups in total. The van der Waals surface area contributed by atoms with Crippen molar-refractivity contribution in [1.82, 2.24) is 9.62 Å². The van der Waals surface area contributed by atoms with Gasteiger partial charge in [0.2, 0.25) is 15.9 Å². The van der Waals surface area contributed by atoms with Gasteiger partial charge in [-0.25, -0.2) is 8.42 Å². The fraction of sp³-hybridized carbons (Fsp3) is 0.300. The van der Waals surface area contributed by atoms with Gasteiger partial charge < -0.3 is 10.6 Å². The molecule has 0 aliphatic heterocycles. The van der Waals surface area contributed by atoms with Gasteiger partial charge in [0.25, 0.3) is 5.91 Å². The maximum absolute atomic E-state index is 13.0. The Morgan fingerprint density at radius 3 is 2.11 bits per heavy atom. The van der Waals surface area contributed by atoms with Crippen LogP contribution in [-0.4, -0.2) is 43.9 Å². The van der Waals surface area contributed by atoms with Crippen LogP contribution in [0.5, 0.6) is 0 Å². The first-order valence-electron chi connectivity index (χ1n) is 8.80. The lowest BCUT2D eigenvalue weighted by molar-refractivity contribution is -0.119. The quantitative estimate of drug-likeness (QED) is 0.742. The number of likely N-dealkylation sites (N-methyl/N-ethyl adjacent to an activating group) is 1. The van der Waals surface area contributed by atoms with Crippen LogP contribution in [0.4, 0.5) is 5.69 Å². The molecule has 0 aliphatic rings. The second-order valence-corrected chi connectivity index (χ2v) is 8.80. The molecule has 0 fully saturated rings. The summed E-state index contributed by atoms with van der Waals surface area (Å²) in [5, 5.41) is 5.49. The maximum Gasteiger partial charge on any atom is 0.253 e. The zero-order valence-corrected chi connectivity index (χ0v) is 17.2. The monoisotopic (exact) mass is 403 g/mol. The third kappa shape index (κ3) is 5.40. The molecule has 0 aromatic heterocycles. The summed E-state index contributed by atoms with van der Waals surface area (Å²) in [7, 11) is -2.29. The van der Waals surface area contributed by atoms with Crippen molar-refractivity contribution in [3.8, 4) is 0 Å². The van der Waals surface area contributed by atoms with E-state index in [9.17, 15) is 18.0 Å². The molecule has 28 heavy (non-hydrogen) atoms. The minimum absolute atomic E-state index is 0.0651. The SMILES string of the molecule is CC(C)NC(=O)c1ccccc1NC(=O)[C@@H](c1ccccc1)N(C)S(C)(=O)=O. The Labute approximate surface area is 165 Å². The molecule has 2 aromatic rings. The van der Waals surface area contributed by atoms with Gasteiger partial charge in [-0.3, -0.25) is 9.59 Å². The Balaban J connectivity index is 2.39. The highest BCUT2D eigenvalue weighted by Gasteiger charge is 2.31. The lowest BCUT2D eigenvalue weighted by Gasteiger charge is -2.26. The van der Waals surface area contributed by atoms with Crippen molar-refractivity contribution < 1.29 is 18.0 Å². The number of hydrogen-bond donors (Lipinski definition) is 2. The van der Waals surface area contributed by atoms with Crippen LogP contribution in [0, 0.1) is 0 Å². The van der Waals surface area contributed by atoms with E-state index in [1.54, 1.807) is 54.6 Å². The van der Waals surface area contributed by atoms with Crippen LogP contribution >= 0.6 is 0 Å². The zero-order chi connectivity index (χ0) is 20.9. The van der Waals surface area contributed by atoms with Crippen molar-refractivity contribution in [3.05, 3.63) is 65.7 Å². The molecular formula is C20H25N3O4S. The largest absolute Gasteiger partial charge is 0.350 e. The normalized spacial score (nSPS) is 12.6. The molecular weight excluding hydrogens is 378 g/mol. The highest BCUT2D eigenvalue weighted by Crippen LogP contribution is 2.25. The minimum atomic E-state index is -3.64. The van der Waals surface area contributed by atoms with Gasteiger partial charge in [0.1, 0.15) is 6.04 Å². The number of carbonyl (C=O) groups is 2. The predicted octanol–water partition coefficient (Wildman–Crippen LogP) is 2.40. The molecule has 2 rings (SSSR count). The Morgan fingerprint density at radius 2 is 1.54 bits per heavy atom. The van der Waals surface area contributed by atoms with E-state index in [1.807, 2.05) is 13.8 Å². The van der Waals surface area contributed by atoms with Gasteiger partial charge in [-0.15, -0.1) is 0 Å². The summed E-state index contributed by atoms with van der Waals surface area (Å²) >= 11 is 0. The summed E-state index contributed by atoms with van der Waals surface area (Å²) in [6, 6.07) is 14.1. The van der Waals surface area contributed by atoms with Crippen LogP contribution in [0.1, 0.15) is 35.8 Å². The molecule has 0 bridgehead atoms. The summed E-state index contributed by atoms with van der Waals surface area (Å²) in [5.74, 6) is -0.873. The second kappa shape index (κ2) is 8.99. The third-order valence-corrected chi connectivity index (χ3v) is 5.36. The molecule has 7 nitrogen and oxygen atoms in total. The van der Waals surface area contributed by atoms with Gasteiger partial charge in [-0.2, -0.15) is 4.31 Å². The number of hydrogen-bond acceptors (Lipinski definition) is 4. The van der Waals surface area contributed by atoms with Crippen molar-refractivity contribution >= 4 is 27.5 Å². The number of nitrogens with one attached hydrogen (secondary N) is 2. The summed E-state index contributed by atoms with van der Waals surface area (Å²) in [6.07, 6.45) is 1.04. The molecule has 8 heteroatoms. The molecule has 0 radical (unpaired) electrons. The van der Waals surface area contributed by atoms with Gasteiger partial charge in [-0.05, 0) is 31.5 Å². The van der Waals surface area contributed by atoms with Crippen molar-refractivity contribution in [2.45, 2.75) is 25.9 Å². The summed E-state index contributed by atoms with van der Waals surface area (Å²) < 4.78 is 25.2. The Kier molecular flexibility index (Phi) is 6.93. The lowest BCUT2D eigenvalue weighted by Crippen LogP contribution is -2.38. The fourth-order valence-corrected chi connectivity index (χ4v) is 3.28. The van der Waals surface area contributed by atoms with Crippen LogP contribution in [0.3, 0.4) is 0 Å². The topological polar surface area (TPSA) is 95.6 Å². The average molecular weight is 404 g/mol. The van der Waals surface area contributed by atoms with Gasteiger partial charge in [0, 0.05) is 13.1 Å². The predicted molar refractivity (Wildman–Crippen MR) is 109 cm³/mol. The van der Waals surface area contributed by atoms with Gasteiger partial charge in [0.05, 0.1) is 17.5 Å². The highest BCUT2D eigenvalue weighted by molar-refractivity contribution is 7.88. The molecule has 0 heterocycles. The van der Waals surface area contributed by atoms with Gasteiger partial charge in [-0.1, -0.05) is 42.5 Å². The van der Waals surface area contributed by atoms with Gasteiger partial charge in [0.15, 0.2) is 0 Å². The van der Waals surface area contributed by atoms with E-state index in [2.05, 4.69) is 10.6 Å². The number of anilines is 1.